The van der Waals surface area contributed by atoms with Crippen LogP contribution < -0.4 is 9.46 Å². The van der Waals surface area contributed by atoms with E-state index < -0.39 is 25.8 Å². The maximum absolute atomic E-state index is 12.7. The summed E-state index contributed by atoms with van der Waals surface area (Å²) in [6, 6.07) is 19.5. The number of sulfone groups is 1. The van der Waals surface area contributed by atoms with Gasteiger partial charge in [-0.05, 0) is 66.8 Å². The van der Waals surface area contributed by atoms with Crippen molar-refractivity contribution in [1.82, 2.24) is 0 Å². The topological polar surface area (TPSA) is 127 Å². The fourth-order valence-corrected chi connectivity index (χ4v) is 5.25. The van der Waals surface area contributed by atoms with E-state index >= 15 is 0 Å². The molecule has 3 aromatic carbocycles. The van der Waals surface area contributed by atoms with Crippen molar-refractivity contribution in [2.75, 3.05) is 17.6 Å². The predicted octanol–water partition coefficient (Wildman–Crippen LogP) is 4.78. The Balaban J connectivity index is 1.65. The average molecular weight is 544 g/mol. The third-order valence-electron chi connectivity index (χ3n) is 5.33. The molecule has 0 saturated heterocycles. The summed E-state index contributed by atoms with van der Waals surface area (Å²) < 4.78 is 58.0. The second-order valence-corrected chi connectivity index (χ2v) is 12.1. The Labute approximate surface area is 217 Å². The molecule has 0 heterocycles. The maximum atomic E-state index is 12.7. The quantitative estimate of drug-likeness (QED) is 0.297. The molecular weight excluding hydrogens is 514 g/mol. The molecule has 0 amide bonds. The van der Waals surface area contributed by atoms with Crippen molar-refractivity contribution in [3.05, 3.63) is 90.0 Å². The first-order valence-electron chi connectivity index (χ1n) is 11.6. The smallest absolute Gasteiger partial charge is 0.303 e. The van der Waals surface area contributed by atoms with Gasteiger partial charge in [0.1, 0.15) is 5.75 Å². The van der Waals surface area contributed by atoms with E-state index in [-0.39, 0.29) is 21.9 Å². The summed E-state index contributed by atoms with van der Waals surface area (Å²) in [6.07, 6.45) is 6.37. The minimum atomic E-state index is -3.88. The zero-order chi connectivity index (χ0) is 26.9. The zero-order valence-corrected chi connectivity index (χ0v) is 22.0. The Morgan fingerprint density at radius 2 is 1.65 bits per heavy atom. The predicted molar refractivity (Wildman–Crippen MR) is 143 cm³/mol. The molecule has 0 aromatic heterocycles. The Morgan fingerprint density at radius 3 is 2.35 bits per heavy atom. The summed E-state index contributed by atoms with van der Waals surface area (Å²) in [4.78, 5) is 10.9. The van der Waals surface area contributed by atoms with Gasteiger partial charge in [0.05, 0.1) is 22.1 Å². The van der Waals surface area contributed by atoms with Gasteiger partial charge < -0.3 is 9.84 Å². The number of hydrogen-bond acceptors (Lipinski definition) is 6. The Bertz CT molecular complexity index is 1470. The summed E-state index contributed by atoms with van der Waals surface area (Å²) in [6.45, 7) is 0.417. The molecule has 0 spiro atoms. The number of carbonyl (C=O) groups is 1. The van der Waals surface area contributed by atoms with Crippen molar-refractivity contribution in [3.63, 3.8) is 0 Å². The Hall–Kier alpha value is -3.63. The number of carboxylic acid groups (broad SMARTS) is 1. The van der Waals surface area contributed by atoms with Gasteiger partial charge >= 0.3 is 5.97 Å². The molecule has 196 valence electrons. The van der Waals surface area contributed by atoms with Crippen LogP contribution in [0.15, 0.2) is 88.7 Å². The second kappa shape index (κ2) is 12.6. The molecule has 0 atom stereocenters. The SMILES string of the molecule is CS(=O)(=O)c1cc(/C=C/CCCOc2ccccc2CCC(=O)O)cc(NS(=O)(=O)c2ccccc2)c1. The van der Waals surface area contributed by atoms with Crippen LogP contribution in [-0.4, -0.2) is 40.8 Å². The van der Waals surface area contributed by atoms with Gasteiger partial charge in [0.15, 0.2) is 9.84 Å². The molecule has 0 aliphatic heterocycles. The van der Waals surface area contributed by atoms with Gasteiger partial charge in [0, 0.05) is 12.7 Å². The van der Waals surface area contributed by atoms with Crippen LogP contribution >= 0.6 is 0 Å². The molecule has 0 unspecified atom stereocenters. The summed E-state index contributed by atoms with van der Waals surface area (Å²) in [5.74, 6) is -0.208. The summed E-state index contributed by atoms with van der Waals surface area (Å²) in [7, 11) is -7.46. The third-order valence-corrected chi connectivity index (χ3v) is 7.82. The largest absolute Gasteiger partial charge is 0.493 e. The number of carboxylic acids is 1. The molecule has 2 N–H and O–H groups in total. The van der Waals surface area contributed by atoms with Crippen LogP contribution in [0.25, 0.3) is 6.08 Å². The molecule has 3 aromatic rings. The van der Waals surface area contributed by atoms with E-state index in [0.29, 0.717) is 37.2 Å². The van der Waals surface area contributed by atoms with E-state index in [0.717, 1.165) is 11.8 Å². The highest BCUT2D eigenvalue weighted by Crippen LogP contribution is 2.24. The Kier molecular flexibility index (Phi) is 9.48. The number of rotatable bonds is 13. The monoisotopic (exact) mass is 543 g/mol. The van der Waals surface area contributed by atoms with Gasteiger partial charge in [0.2, 0.25) is 0 Å². The van der Waals surface area contributed by atoms with Crippen molar-refractivity contribution in [2.45, 2.75) is 35.5 Å². The average Bonchev–Trinajstić information content (AvgIpc) is 2.85. The maximum Gasteiger partial charge on any atom is 0.303 e. The standard InChI is InChI=1S/C27H29NO7S2/c1-36(31,32)25-19-21(18-23(20-25)28-37(33,34)24-12-5-2-6-13-24)10-4-3-9-17-35-26-14-8-7-11-22(26)15-16-27(29)30/h2,4-8,10-14,18-20,28H,3,9,15-17H2,1H3,(H,29,30)/b10-4+. The summed E-state index contributed by atoms with van der Waals surface area (Å²) >= 11 is 0. The minimum absolute atomic E-state index is 0.00159. The normalized spacial score (nSPS) is 11.9. The number of unbranched alkanes of at least 4 members (excludes halogenated alkanes) is 1. The molecule has 0 aliphatic carbocycles. The number of benzene rings is 3. The molecule has 0 aliphatic rings. The highest BCUT2D eigenvalue weighted by Gasteiger charge is 2.16. The number of nitrogens with one attached hydrogen (secondary N) is 1. The number of anilines is 1. The highest BCUT2D eigenvalue weighted by molar-refractivity contribution is 7.92. The van der Waals surface area contributed by atoms with E-state index in [1.54, 1.807) is 30.3 Å². The number of para-hydroxylation sites is 1. The number of hydrogen-bond donors (Lipinski definition) is 2. The lowest BCUT2D eigenvalue weighted by Gasteiger charge is -2.11. The molecule has 8 nitrogen and oxygen atoms in total. The van der Waals surface area contributed by atoms with Crippen LogP contribution in [-0.2, 0) is 31.1 Å². The van der Waals surface area contributed by atoms with Crippen LogP contribution in [0.5, 0.6) is 5.75 Å². The van der Waals surface area contributed by atoms with E-state index in [4.69, 9.17) is 9.84 Å². The fraction of sp³-hybridized carbons (Fsp3) is 0.222. The zero-order valence-electron chi connectivity index (χ0n) is 20.3. The molecule has 3 rings (SSSR count). The van der Waals surface area contributed by atoms with E-state index in [1.165, 1.54) is 24.3 Å². The first-order valence-corrected chi connectivity index (χ1v) is 14.9. The van der Waals surface area contributed by atoms with Gasteiger partial charge in [-0.1, -0.05) is 48.6 Å². The lowest BCUT2D eigenvalue weighted by Crippen LogP contribution is -2.13. The van der Waals surface area contributed by atoms with E-state index in [9.17, 15) is 21.6 Å². The molecule has 0 bridgehead atoms. The number of aryl methyl sites for hydroxylation is 1. The summed E-state index contributed by atoms with van der Waals surface area (Å²) in [5.41, 5.74) is 1.52. The molecule has 0 saturated carbocycles. The number of aliphatic carboxylic acids is 1. The molecule has 0 fully saturated rings. The first-order chi connectivity index (χ1) is 17.5. The number of sulfonamides is 1. The van der Waals surface area contributed by atoms with Crippen LogP contribution in [0.1, 0.15) is 30.4 Å². The summed E-state index contributed by atoms with van der Waals surface area (Å²) in [5, 5.41) is 8.90. The van der Waals surface area contributed by atoms with Crippen molar-refractivity contribution in [1.29, 1.82) is 0 Å². The van der Waals surface area contributed by atoms with E-state index in [2.05, 4.69) is 4.72 Å². The van der Waals surface area contributed by atoms with Gasteiger partial charge in [-0.3, -0.25) is 9.52 Å². The van der Waals surface area contributed by atoms with Gasteiger partial charge in [-0.25, -0.2) is 16.8 Å². The fourth-order valence-electron chi connectivity index (χ4n) is 3.50. The van der Waals surface area contributed by atoms with Gasteiger partial charge in [0.25, 0.3) is 10.0 Å². The molecule has 37 heavy (non-hydrogen) atoms. The second-order valence-electron chi connectivity index (χ2n) is 8.38. The molecule has 0 radical (unpaired) electrons. The van der Waals surface area contributed by atoms with Gasteiger partial charge in [-0.2, -0.15) is 0 Å². The third kappa shape index (κ3) is 8.76. The number of allylic oxidation sites excluding steroid dienone is 1. The lowest BCUT2D eigenvalue weighted by atomic mass is 10.1. The van der Waals surface area contributed by atoms with Crippen LogP contribution in [0.3, 0.4) is 0 Å². The van der Waals surface area contributed by atoms with Crippen LogP contribution in [0.4, 0.5) is 5.69 Å². The van der Waals surface area contributed by atoms with E-state index in [1.807, 2.05) is 30.3 Å². The van der Waals surface area contributed by atoms with Crippen LogP contribution in [0.2, 0.25) is 0 Å². The van der Waals surface area contributed by atoms with Crippen molar-refractivity contribution in [2.24, 2.45) is 0 Å². The van der Waals surface area contributed by atoms with Crippen LogP contribution in [0, 0.1) is 0 Å². The van der Waals surface area contributed by atoms with Crippen molar-refractivity contribution < 1.29 is 31.5 Å². The number of ether oxygens (including phenoxy) is 1. The highest BCUT2D eigenvalue weighted by atomic mass is 32.2. The lowest BCUT2D eigenvalue weighted by molar-refractivity contribution is -0.136. The van der Waals surface area contributed by atoms with Gasteiger partial charge in [-0.15, -0.1) is 0 Å². The Morgan fingerprint density at radius 1 is 0.946 bits per heavy atom. The van der Waals surface area contributed by atoms with Crippen molar-refractivity contribution in [3.8, 4) is 5.75 Å². The first kappa shape index (κ1) is 27.9. The molecular formula is C27H29NO7S2. The molecule has 10 heteroatoms. The van der Waals surface area contributed by atoms with Crippen molar-refractivity contribution >= 4 is 37.6 Å². The minimum Gasteiger partial charge on any atom is -0.493 e.